The van der Waals surface area contributed by atoms with Gasteiger partial charge in [-0.05, 0) is 0 Å². The Hall–Kier alpha value is -0.980. The number of aliphatic hydroxyl groups is 3. The molecule has 0 bridgehead atoms. The SMILES string of the molecule is OCc1cn(C[C@H](O)CO)nn1. The topological polar surface area (TPSA) is 91.4 Å². The molecule has 0 aromatic carbocycles. The average molecular weight is 173 g/mol. The van der Waals surface area contributed by atoms with E-state index in [1.54, 1.807) is 0 Å². The summed E-state index contributed by atoms with van der Waals surface area (Å²) in [5.41, 5.74) is 0.445. The van der Waals surface area contributed by atoms with Crippen molar-refractivity contribution < 1.29 is 15.3 Å². The van der Waals surface area contributed by atoms with Crippen LogP contribution in [0.3, 0.4) is 0 Å². The molecule has 1 aromatic rings. The van der Waals surface area contributed by atoms with E-state index in [-0.39, 0.29) is 19.8 Å². The van der Waals surface area contributed by atoms with E-state index in [1.807, 2.05) is 0 Å². The minimum absolute atomic E-state index is 0.171. The van der Waals surface area contributed by atoms with E-state index in [1.165, 1.54) is 10.9 Å². The summed E-state index contributed by atoms with van der Waals surface area (Å²) in [7, 11) is 0. The molecule has 0 saturated carbocycles. The summed E-state index contributed by atoms with van der Waals surface area (Å²) in [6.45, 7) is -0.299. The molecular formula is C6H11N3O3. The highest BCUT2D eigenvalue weighted by molar-refractivity contribution is 4.88. The molecule has 1 rings (SSSR count). The minimum atomic E-state index is -0.835. The van der Waals surface area contributed by atoms with Crippen LogP contribution in [0, 0.1) is 0 Å². The molecule has 0 spiro atoms. The number of rotatable bonds is 4. The van der Waals surface area contributed by atoms with Crippen molar-refractivity contribution >= 4 is 0 Å². The van der Waals surface area contributed by atoms with E-state index >= 15 is 0 Å². The van der Waals surface area contributed by atoms with E-state index in [9.17, 15) is 0 Å². The second-order valence-corrected chi connectivity index (χ2v) is 2.43. The zero-order valence-electron chi connectivity index (χ0n) is 6.46. The first kappa shape index (κ1) is 9.11. The van der Waals surface area contributed by atoms with Gasteiger partial charge in [-0.15, -0.1) is 5.10 Å². The van der Waals surface area contributed by atoms with Gasteiger partial charge in [-0.25, -0.2) is 4.68 Å². The third-order valence-electron chi connectivity index (χ3n) is 1.36. The van der Waals surface area contributed by atoms with Crippen LogP contribution in [0.1, 0.15) is 5.69 Å². The Balaban J connectivity index is 2.52. The summed E-state index contributed by atoms with van der Waals surface area (Å²) < 4.78 is 1.37. The fourth-order valence-electron chi connectivity index (χ4n) is 0.774. The maximum atomic E-state index is 8.99. The molecule has 0 saturated heterocycles. The normalized spacial score (nSPS) is 13.2. The molecule has 0 radical (unpaired) electrons. The summed E-state index contributed by atoms with van der Waals surface area (Å²) in [4.78, 5) is 0. The maximum Gasteiger partial charge on any atom is 0.108 e. The molecule has 6 heteroatoms. The molecule has 1 aromatic heterocycles. The summed E-state index contributed by atoms with van der Waals surface area (Å²) in [6, 6.07) is 0. The van der Waals surface area contributed by atoms with Crippen molar-refractivity contribution in [3.63, 3.8) is 0 Å². The van der Waals surface area contributed by atoms with Crippen molar-refractivity contribution in [3.8, 4) is 0 Å². The van der Waals surface area contributed by atoms with E-state index in [0.29, 0.717) is 5.69 Å². The van der Waals surface area contributed by atoms with Crippen molar-refractivity contribution in [2.24, 2.45) is 0 Å². The molecule has 6 nitrogen and oxygen atoms in total. The lowest BCUT2D eigenvalue weighted by Crippen LogP contribution is -2.20. The largest absolute Gasteiger partial charge is 0.394 e. The number of aromatic nitrogens is 3. The molecule has 0 aliphatic carbocycles. The zero-order valence-corrected chi connectivity index (χ0v) is 6.46. The van der Waals surface area contributed by atoms with Gasteiger partial charge in [0.2, 0.25) is 0 Å². The number of hydrogen-bond acceptors (Lipinski definition) is 5. The van der Waals surface area contributed by atoms with Gasteiger partial charge in [-0.1, -0.05) is 5.21 Å². The molecule has 0 unspecified atom stereocenters. The van der Waals surface area contributed by atoms with Gasteiger partial charge in [-0.2, -0.15) is 0 Å². The highest BCUT2D eigenvalue weighted by atomic mass is 16.3. The van der Waals surface area contributed by atoms with Crippen LogP contribution in [0.2, 0.25) is 0 Å². The lowest BCUT2D eigenvalue weighted by Gasteiger charge is -2.04. The van der Waals surface area contributed by atoms with E-state index in [2.05, 4.69) is 10.3 Å². The van der Waals surface area contributed by atoms with Gasteiger partial charge in [0.05, 0.1) is 32.1 Å². The van der Waals surface area contributed by atoms with Gasteiger partial charge in [0, 0.05) is 0 Å². The van der Waals surface area contributed by atoms with Gasteiger partial charge < -0.3 is 15.3 Å². The van der Waals surface area contributed by atoms with Gasteiger partial charge in [-0.3, -0.25) is 0 Å². The predicted molar refractivity (Wildman–Crippen MR) is 39.0 cm³/mol. The quantitative estimate of drug-likeness (QED) is 0.496. The van der Waals surface area contributed by atoms with Gasteiger partial charge in [0.1, 0.15) is 5.69 Å². The van der Waals surface area contributed by atoms with Crippen LogP contribution in [0.4, 0.5) is 0 Å². The van der Waals surface area contributed by atoms with E-state index in [0.717, 1.165) is 0 Å². The van der Waals surface area contributed by atoms with Crippen LogP contribution in [-0.2, 0) is 13.2 Å². The van der Waals surface area contributed by atoms with Gasteiger partial charge in [0.15, 0.2) is 0 Å². The third kappa shape index (κ3) is 2.26. The third-order valence-corrected chi connectivity index (χ3v) is 1.36. The predicted octanol–water partition coefficient (Wildman–Crippen LogP) is -1.88. The first-order chi connectivity index (χ1) is 5.76. The molecule has 0 fully saturated rings. The van der Waals surface area contributed by atoms with Crippen LogP contribution in [-0.4, -0.2) is 43.0 Å². The highest BCUT2D eigenvalue weighted by Crippen LogP contribution is 1.94. The molecule has 68 valence electrons. The highest BCUT2D eigenvalue weighted by Gasteiger charge is 2.04. The van der Waals surface area contributed by atoms with Crippen LogP contribution in [0.15, 0.2) is 6.20 Å². The van der Waals surface area contributed by atoms with Crippen LogP contribution < -0.4 is 0 Å². The Labute approximate surface area is 69.1 Å². The zero-order chi connectivity index (χ0) is 8.97. The van der Waals surface area contributed by atoms with Crippen molar-refractivity contribution in [3.05, 3.63) is 11.9 Å². The number of nitrogens with zero attached hydrogens (tertiary/aromatic N) is 3. The molecule has 12 heavy (non-hydrogen) atoms. The summed E-state index contributed by atoms with van der Waals surface area (Å²) >= 11 is 0. The summed E-state index contributed by atoms with van der Waals surface area (Å²) in [5.74, 6) is 0. The Morgan fingerprint density at radius 2 is 2.25 bits per heavy atom. The molecule has 1 atom stereocenters. The Kier molecular flexibility index (Phi) is 3.15. The molecule has 0 aliphatic heterocycles. The molecule has 0 aliphatic rings. The van der Waals surface area contributed by atoms with E-state index in [4.69, 9.17) is 15.3 Å². The molecule has 3 N–H and O–H groups in total. The summed E-state index contributed by atoms with van der Waals surface area (Å²) in [6.07, 6.45) is 0.678. The smallest absolute Gasteiger partial charge is 0.108 e. The number of aliphatic hydroxyl groups excluding tert-OH is 3. The average Bonchev–Trinajstić information content (AvgIpc) is 2.52. The molecule has 1 heterocycles. The van der Waals surface area contributed by atoms with Gasteiger partial charge in [0.25, 0.3) is 0 Å². The second-order valence-electron chi connectivity index (χ2n) is 2.43. The maximum absolute atomic E-state index is 8.99. The van der Waals surface area contributed by atoms with Crippen LogP contribution >= 0.6 is 0 Å². The fourth-order valence-corrected chi connectivity index (χ4v) is 0.774. The van der Waals surface area contributed by atoms with Gasteiger partial charge >= 0.3 is 0 Å². The van der Waals surface area contributed by atoms with Crippen molar-refractivity contribution in [1.82, 2.24) is 15.0 Å². The standard InChI is InChI=1S/C6H11N3O3/c10-3-5-1-9(8-7-5)2-6(12)4-11/h1,6,10-12H,2-4H2/t6-/m0/s1. The minimum Gasteiger partial charge on any atom is -0.394 e. The first-order valence-corrected chi connectivity index (χ1v) is 3.55. The van der Waals surface area contributed by atoms with Crippen LogP contribution in [0.5, 0.6) is 0 Å². The lowest BCUT2D eigenvalue weighted by molar-refractivity contribution is 0.0778. The Morgan fingerprint density at radius 1 is 1.50 bits per heavy atom. The molecule has 0 amide bonds. The van der Waals surface area contributed by atoms with Crippen LogP contribution in [0.25, 0.3) is 0 Å². The molecular weight excluding hydrogens is 162 g/mol. The van der Waals surface area contributed by atoms with Crippen molar-refractivity contribution in [2.75, 3.05) is 6.61 Å². The van der Waals surface area contributed by atoms with Crippen molar-refractivity contribution in [2.45, 2.75) is 19.3 Å². The number of hydrogen-bond donors (Lipinski definition) is 3. The second kappa shape index (κ2) is 4.15. The fraction of sp³-hybridized carbons (Fsp3) is 0.667. The monoisotopic (exact) mass is 173 g/mol. The Bertz CT molecular complexity index is 238. The van der Waals surface area contributed by atoms with E-state index < -0.39 is 6.10 Å². The summed E-state index contributed by atoms with van der Waals surface area (Å²) in [5, 5.41) is 33.3. The lowest BCUT2D eigenvalue weighted by atomic mass is 10.4. The first-order valence-electron chi connectivity index (χ1n) is 3.55. The Morgan fingerprint density at radius 3 is 2.75 bits per heavy atom. The van der Waals surface area contributed by atoms with Crippen molar-refractivity contribution in [1.29, 1.82) is 0 Å².